The van der Waals surface area contributed by atoms with E-state index in [1.54, 1.807) is 0 Å². The zero-order chi connectivity index (χ0) is 11.9. The average molecular weight is 232 g/mol. The maximum atomic E-state index is 11.4. The minimum Gasteiger partial charge on any atom is -0.356 e. The molecular formula is C11H24N2OS. The Balaban J connectivity index is 3.58. The van der Waals surface area contributed by atoms with Crippen LogP contribution in [-0.2, 0) is 4.79 Å². The Hall–Kier alpha value is -0.220. The minimum absolute atomic E-state index is 0.112. The molecule has 0 aliphatic heterocycles. The molecule has 0 aromatic rings. The van der Waals surface area contributed by atoms with E-state index in [9.17, 15) is 4.79 Å². The fraction of sp³-hybridized carbons (Fsp3) is 0.909. The molecule has 3 nitrogen and oxygen atoms in total. The standard InChI is InChI=1S/C11H24N2OS/c1-9(8-15-4)7-13-10(14)5-6-11(2,3)12/h9H,5-8,12H2,1-4H3,(H,13,14). The SMILES string of the molecule is CSCC(C)CNC(=O)CCC(C)(C)N. The van der Waals surface area contributed by atoms with Crippen LogP contribution in [0.1, 0.15) is 33.6 Å². The van der Waals surface area contributed by atoms with Gasteiger partial charge in [0.25, 0.3) is 0 Å². The number of nitrogens with one attached hydrogen (secondary N) is 1. The summed E-state index contributed by atoms with van der Waals surface area (Å²) in [6, 6.07) is 0. The van der Waals surface area contributed by atoms with Gasteiger partial charge in [0, 0.05) is 18.5 Å². The second-order valence-electron chi connectivity index (χ2n) is 4.85. The van der Waals surface area contributed by atoms with Crippen molar-refractivity contribution in [2.75, 3.05) is 18.6 Å². The Kier molecular flexibility index (Phi) is 7.02. The number of rotatable bonds is 7. The maximum absolute atomic E-state index is 11.4. The van der Waals surface area contributed by atoms with Gasteiger partial charge in [-0.25, -0.2) is 0 Å². The third-order valence-corrected chi connectivity index (χ3v) is 3.00. The molecule has 0 radical (unpaired) electrons. The van der Waals surface area contributed by atoms with Gasteiger partial charge in [-0.3, -0.25) is 4.79 Å². The van der Waals surface area contributed by atoms with E-state index in [1.807, 2.05) is 25.6 Å². The summed E-state index contributed by atoms with van der Waals surface area (Å²) in [6.07, 6.45) is 3.33. The molecule has 0 bridgehead atoms. The Labute approximate surface area is 97.6 Å². The van der Waals surface area contributed by atoms with Crippen LogP contribution < -0.4 is 11.1 Å². The van der Waals surface area contributed by atoms with E-state index in [4.69, 9.17) is 5.73 Å². The van der Waals surface area contributed by atoms with Crippen LogP contribution in [0.5, 0.6) is 0 Å². The van der Waals surface area contributed by atoms with E-state index >= 15 is 0 Å². The zero-order valence-corrected chi connectivity index (χ0v) is 11.1. The van der Waals surface area contributed by atoms with Gasteiger partial charge < -0.3 is 11.1 Å². The lowest BCUT2D eigenvalue weighted by Crippen LogP contribution is -2.35. The fourth-order valence-corrected chi connectivity index (χ4v) is 1.84. The van der Waals surface area contributed by atoms with Crippen LogP contribution in [0.3, 0.4) is 0 Å². The highest BCUT2D eigenvalue weighted by Gasteiger charge is 2.13. The first-order chi connectivity index (χ1) is 6.85. The number of hydrogen-bond donors (Lipinski definition) is 2. The van der Waals surface area contributed by atoms with Crippen molar-refractivity contribution in [1.82, 2.24) is 5.32 Å². The van der Waals surface area contributed by atoms with Crippen LogP contribution in [0.15, 0.2) is 0 Å². The molecule has 3 N–H and O–H groups in total. The molecule has 4 heteroatoms. The molecule has 1 amide bonds. The predicted octanol–water partition coefficient (Wildman–Crippen LogP) is 1.62. The fourth-order valence-electron chi connectivity index (χ4n) is 1.16. The maximum Gasteiger partial charge on any atom is 0.220 e. The molecule has 0 fully saturated rings. The van der Waals surface area contributed by atoms with E-state index in [-0.39, 0.29) is 11.4 Å². The van der Waals surface area contributed by atoms with E-state index < -0.39 is 0 Å². The minimum atomic E-state index is -0.248. The monoisotopic (exact) mass is 232 g/mol. The van der Waals surface area contributed by atoms with Gasteiger partial charge in [0.05, 0.1) is 0 Å². The summed E-state index contributed by atoms with van der Waals surface area (Å²) in [5, 5.41) is 2.93. The normalized spacial score (nSPS) is 13.7. The van der Waals surface area contributed by atoms with Gasteiger partial charge in [-0.05, 0) is 38.2 Å². The van der Waals surface area contributed by atoms with Crippen molar-refractivity contribution in [1.29, 1.82) is 0 Å². The molecule has 0 saturated carbocycles. The third-order valence-electron chi connectivity index (χ3n) is 2.10. The van der Waals surface area contributed by atoms with Gasteiger partial charge >= 0.3 is 0 Å². The number of amides is 1. The molecule has 0 saturated heterocycles. The molecule has 1 atom stereocenters. The molecular weight excluding hydrogens is 208 g/mol. The van der Waals surface area contributed by atoms with Crippen molar-refractivity contribution >= 4 is 17.7 Å². The largest absolute Gasteiger partial charge is 0.356 e. The zero-order valence-electron chi connectivity index (χ0n) is 10.3. The van der Waals surface area contributed by atoms with Crippen LogP contribution in [-0.4, -0.2) is 30.0 Å². The number of carbonyl (C=O) groups is 1. The van der Waals surface area contributed by atoms with Gasteiger partial charge in [-0.15, -0.1) is 0 Å². The van der Waals surface area contributed by atoms with E-state index in [1.165, 1.54) is 0 Å². The molecule has 15 heavy (non-hydrogen) atoms. The second-order valence-corrected chi connectivity index (χ2v) is 5.76. The smallest absolute Gasteiger partial charge is 0.220 e. The number of hydrogen-bond acceptors (Lipinski definition) is 3. The van der Waals surface area contributed by atoms with Crippen molar-refractivity contribution < 1.29 is 4.79 Å². The summed E-state index contributed by atoms with van der Waals surface area (Å²) in [7, 11) is 0. The van der Waals surface area contributed by atoms with E-state index in [2.05, 4.69) is 18.5 Å². The third kappa shape index (κ3) is 10.1. The first-order valence-electron chi connectivity index (χ1n) is 5.39. The van der Waals surface area contributed by atoms with Crippen molar-refractivity contribution in [3.63, 3.8) is 0 Å². The van der Waals surface area contributed by atoms with Gasteiger partial charge in [0.15, 0.2) is 0 Å². The van der Waals surface area contributed by atoms with Crippen molar-refractivity contribution in [2.24, 2.45) is 11.7 Å². The first kappa shape index (κ1) is 14.8. The Morgan fingerprint density at radius 2 is 2.13 bits per heavy atom. The van der Waals surface area contributed by atoms with Crippen molar-refractivity contribution in [3.8, 4) is 0 Å². The van der Waals surface area contributed by atoms with Crippen molar-refractivity contribution in [2.45, 2.75) is 39.2 Å². The highest BCUT2D eigenvalue weighted by molar-refractivity contribution is 7.98. The molecule has 0 heterocycles. The Morgan fingerprint density at radius 1 is 1.53 bits per heavy atom. The van der Waals surface area contributed by atoms with Crippen LogP contribution in [0.25, 0.3) is 0 Å². The van der Waals surface area contributed by atoms with Crippen LogP contribution >= 0.6 is 11.8 Å². The highest BCUT2D eigenvalue weighted by atomic mass is 32.2. The van der Waals surface area contributed by atoms with Crippen LogP contribution in [0.4, 0.5) is 0 Å². The number of thioether (sulfide) groups is 1. The molecule has 0 spiro atoms. The molecule has 90 valence electrons. The summed E-state index contributed by atoms with van der Waals surface area (Å²) in [4.78, 5) is 11.4. The number of nitrogens with two attached hydrogens (primary N) is 1. The summed E-state index contributed by atoms with van der Waals surface area (Å²) >= 11 is 1.81. The highest BCUT2D eigenvalue weighted by Crippen LogP contribution is 2.07. The van der Waals surface area contributed by atoms with Gasteiger partial charge in [-0.2, -0.15) is 11.8 Å². The van der Waals surface area contributed by atoms with E-state index in [0.29, 0.717) is 12.3 Å². The van der Waals surface area contributed by atoms with Gasteiger partial charge in [-0.1, -0.05) is 6.92 Å². The average Bonchev–Trinajstić information content (AvgIpc) is 2.11. The lowest BCUT2D eigenvalue weighted by molar-refractivity contribution is -0.121. The lowest BCUT2D eigenvalue weighted by atomic mass is 10.00. The Morgan fingerprint density at radius 3 is 2.60 bits per heavy atom. The van der Waals surface area contributed by atoms with Crippen molar-refractivity contribution in [3.05, 3.63) is 0 Å². The van der Waals surface area contributed by atoms with Crippen LogP contribution in [0.2, 0.25) is 0 Å². The van der Waals surface area contributed by atoms with Gasteiger partial charge in [0.1, 0.15) is 0 Å². The summed E-state index contributed by atoms with van der Waals surface area (Å²) in [5.41, 5.74) is 5.56. The molecule has 0 aromatic heterocycles. The van der Waals surface area contributed by atoms with E-state index in [0.717, 1.165) is 18.7 Å². The lowest BCUT2D eigenvalue weighted by Gasteiger charge is -2.18. The molecule has 0 rings (SSSR count). The molecule has 1 unspecified atom stereocenters. The first-order valence-corrected chi connectivity index (χ1v) is 6.79. The second kappa shape index (κ2) is 7.12. The number of carbonyl (C=O) groups excluding carboxylic acids is 1. The summed E-state index contributed by atoms with van der Waals surface area (Å²) in [5.74, 6) is 1.74. The predicted molar refractivity (Wildman–Crippen MR) is 68.1 cm³/mol. The van der Waals surface area contributed by atoms with Crippen LogP contribution in [0, 0.1) is 5.92 Å². The summed E-state index contributed by atoms with van der Waals surface area (Å²) < 4.78 is 0. The summed E-state index contributed by atoms with van der Waals surface area (Å²) in [6.45, 7) is 6.79. The molecule has 0 aliphatic rings. The molecule has 0 aliphatic carbocycles. The Bertz CT molecular complexity index is 190. The topological polar surface area (TPSA) is 55.1 Å². The van der Waals surface area contributed by atoms with Gasteiger partial charge in [0.2, 0.25) is 5.91 Å². The quantitative estimate of drug-likeness (QED) is 0.701. The molecule has 0 aromatic carbocycles.